The number of nitrogens with one attached hydrogen (secondary N) is 1. The van der Waals surface area contributed by atoms with Crippen molar-refractivity contribution in [1.82, 2.24) is 5.48 Å². The Balaban J connectivity index is 1.39. The van der Waals surface area contributed by atoms with Gasteiger partial charge in [-0.05, 0) is 51.2 Å². The molecule has 26 heavy (non-hydrogen) atoms. The highest BCUT2D eigenvalue weighted by Gasteiger charge is 2.48. The summed E-state index contributed by atoms with van der Waals surface area (Å²) in [4.78, 5) is 11.1. The van der Waals surface area contributed by atoms with Crippen LogP contribution in [-0.2, 0) is 14.3 Å². The number of hydrogen-bond donors (Lipinski definition) is 2. The maximum atomic E-state index is 11.1. The van der Waals surface area contributed by atoms with E-state index in [1.807, 2.05) is 0 Å². The molecule has 150 valence electrons. The third-order valence-electron chi connectivity index (χ3n) is 6.38. The molecule has 2 aliphatic heterocycles. The van der Waals surface area contributed by atoms with E-state index in [9.17, 15) is 4.79 Å². The zero-order valence-corrected chi connectivity index (χ0v) is 16.8. The lowest BCUT2D eigenvalue weighted by molar-refractivity contribution is -0.129. The van der Waals surface area contributed by atoms with Crippen molar-refractivity contribution >= 4 is 17.7 Å². The molecule has 2 bridgehead atoms. The van der Waals surface area contributed by atoms with Gasteiger partial charge in [0.2, 0.25) is 5.91 Å². The fraction of sp³-hybridized carbons (Fsp3) is 0.950. The summed E-state index contributed by atoms with van der Waals surface area (Å²) in [6.07, 6.45) is 12.4. The summed E-state index contributed by atoms with van der Waals surface area (Å²) in [5, 5.41) is 9.40. The smallest absolute Gasteiger partial charge is 0.243 e. The highest BCUT2D eigenvalue weighted by Crippen LogP contribution is 2.46. The molecule has 3 aliphatic rings. The van der Waals surface area contributed by atoms with Crippen molar-refractivity contribution in [2.24, 2.45) is 11.8 Å². The first-order valence-electron chi connectivity index (χ1n) is 10.5. The molecular formula is C20H35NO4S. The molecule has 0 aromatic heterocycles. The van der Waals surface area contributed by atoms with Gasteiger partial charge in [-0.2, -0.15) is 11.8 Å². The Morgan fingerprint density at radius 1 is 1.19 bits per heavy atom. The first kappa shape index (κ1) is 20.4. The predicted octanol–water partition coefficient (Wildman–Crippen LogP) is 3.93. The maximum Gasteiger partial charge on any atom is 0.243 e. The van der Waals surface area contributed by atoms with Crippen LogP contribution in [0.25, 0.3) is 0 Å². The van der Waals surface area contributed by atoms with Gasteiger partial charge in [-0.3, -0.25) is 10.0 Å². The van der Waals surface area contributed by atoms with Crippen molar-refractivity contribution in [3.8, 4) is 0 Å². The topological polar surface area (TPSA) is 67.8 Å². The van der Waals surface area contributed by atoms with Gasteiger partial charge in [-0.25, -0.2) is 5.48 Å². The van der Waals surface area contributed by atoms with Crippen LogP contribution in [0.5, 0.6) is 0 Å². The zero-order chi connectivity index (χ0) is 18.4. The van der Waals surface area contributed by atoms with Crippen molar-refractivity contribution in [1.29, 1.82) is 0 Å². The number of hydroxylamine groups is 1. The quantitative estimate of drug-likeness (QED) is 0.441. The molecule has 1 aliphatic carbocycles. The lowest BCUT2D eigenvalue weighted by Gasteiger charge is -2.30. The Morgan fingerprint density at radius 3 is 2.65 bits per heavy atom. The van der Waals surface area contributed by atoms with E-state index in [0.29, 0.717) is 30.5 Å². The Kier molecular flexibility index (Phi) is 8.10. The summed E-state index contributed by atoms with van der Waals surface area (Å²) in [5.41, 5.74) is 1.68. The standard InChI is InChI=1S/C20H35NO4S/c1-14(6-5-9-20(22)21-23)24-12-16-17(19-11-10-18(16)25-19)13-26-15-7-3-2-4-8-15/h14-19,23H,2-13H2,1H3,(H,21,22). The van der Waals surface area contributed by atoms with E-state index in [1.54, 1.807) is 5.48 Å². The number of thioether (sulfide) groups is 1. The second kappa shape index (κ2) is 10.3. The Morgan fingerprint density at radius 2 is 1.92 bits per heavy atom. The van der Waals surface area contributed by atoms with Crippen LogP contribution < -0.4 is 5.48 Å². The van der Waals surface area contributed by atoms with Gasteiger partial charge in [0, 0.05) is 23.5 Å². The minimum Gasteiger partial charge on any atom is -0.378 e. The molecule has 2 saturated heterocycles. The van der Waals surface area contributed by atoms with Crippen molar-refractivity contribution in [2.75, 3.05) is 12.4 Å². The van der Waals surface area contributed by atoms with Crippen LogP contribution in [0.2, 0.25) is 0 Å². The summed E-state index contributed by atoms with van der Waals surface area (Å²) in [6, 6.07) is 0. The molecule has 0 aromatic carbocycles. The highest BCUT2D eigenvalue weighted by atomic mass is 32.2. The molecule has 0 radical (unpaired) electrons. The molecule has 1 amide bonds. The summed E-state index contributed by atoms with van der Waals surface area (Å²) in [7, 11) is 0. The number of fused-ring (bicyclic) bond motifs is 2. The van der Waals surface area contributed by atoms with Crippen LogP contribution in [0, 0.1) is 11.8 Å². The lowest BCUT2D eigenvalue weighted by Crippen LogP contribution is -2.34. The number of ether oxygens (including phenoxy) is 2. The minimum absolute atomic E-state index is 0.146. The van der Waals surface area contributed by atoms with Crippen LogP contribution in [0.15, 0.2) is 0 Å². The van der Waals surface area contributed by atoms with Crippen LogP contribution in [0.3, 0.4) is 0 Å². The van der Waals surface area contributed by atoms with Crippen molar-refractivity contribution in [3.05, 3.63) is 0 Å². The minimum atomic E-state index is -0.321. The number of hydrogen-bond acceptors (Lipinski definition) is 5. The van der Waals surface area contributed by atoms with Gasteiger partial charge in [0.25, 0.3) is 0 Å². The molecule has 5 nitrogen and oxygen atoms in total. The van der Waals surface area contributed by atoms with Crippen LogP contribution >= 0.6 is 11.8 Å². The monoisotopic (exact) mass is 385 g/mol. The zero-order valence-electron chi connectivity index (χ0n) is 16.0. The number of rotatable bonds is 10. The highest BCUT2D eigenvalue weighted by molar-refractivity contribution is 7.99. The molecule has 6 heteroatoms. The molecule has 2 N–H and O–H groups in total. The van der Waals surface area contributed by atoms with Gasteiger partial charge in [-0.15, -0.1) is 0 Å². The number of carbonyl (C=O) groups excluding carboxylic acids is 1. The second-order valence-corrected chi connectivity index (χ2v) is 9.62. The lowest BCUT2D eigenvalue weighted by atomic mass is 9.81. The maximum absolute atomic E-state index is 11.1. The van der Waals surface area contributed by atoms with E-state index >= 15 is 0 Å². The van der Waals surface area contributed by atoms with Gasteiger partial charge in [0.15, 0.2) is 0 Å². The molecule has 0 aromatic rings. The largest absolute Gasteiger partial charge is 0.378 e. The first-order chi connectivity index (χ1) is 12.7. The Bertz CT molecular complexity index is 444. The van der Waals surface area contributed by atoms with Crippen molar-refractivity contribution in [2.45, 2.75) is 94.7 Å². The van der Waals surface area contributed by atoms with E-state index < -0.39 is 0 Å². The van der Waals surface area contributed by atoms with Gasteiger partial charge in [-0.1, -0.05) is 19.3 Å². The van der Waals surface area contributed by atoms with Crippen molar-refractivity contribution in [3.63, 3.8) is 0 Å². The average molecular weight is 386 g/mol. The van der Waals surface area contributed by atoms with Gasteiger partial charge >= 0.3 is 0 Å². The second-order valence-electron chi connectivity index (χ2n) is 8.28. The van der Waals surface area contributed by atoms with E-state index in [2.05, 4.69) is 18.7 Å². The first-order valence-corrected chi connectivity index (χ1v) is 11.5. The molecule has 1 saturated carbocycles. The van der Waals surface area contributed by atoms with E-state index in [-0.39, 0.29) is 12.0 Å². The van der Waals surface area contributed by atoms with E-state index in [1.165, 1.54) is 50.7 Å². The molecule has 0 spiro atoms. The van der Waals surface area contributed by atoms with Crippen LogP contribution in [0.4, 0.5) is 0 Å². The number of amides is 1. The molecular weight excluding hydrogens is 350 g/mol. The Hall–Kier alpha value is -0.300. The van der Waals surface area contributed by atoms with Gasteiger partial charge in [0.1, 0.15) is 0 Å². The summed E-state index contributed by atoms with van der Waals surface area (Å²) in [5.74, 6) is 2.09. The third-order valence-corrected chi connectivity index (χ3v) is 7.90. The van der Waals surface area contributed by atoms with Crippen LogP contribution in [-0.4, -0.2) is 47.0 Å². The van der Waals surface area contributed by atoms with E-state index in [4.69, 9.17) is 14.7 Å². The normalized spacial score (nSPS) is 32.7. The van der Waals surface area contributed by atoms with E-state index in [0.717, 1.165) is 24.7 Å². The SMILES string of the molecule is CC(CCCC(=O)NO)OCC1C2CCC(O2)C1CSC1CCCCC1. The Labute approximate surface area is 161 Å². The summed E-state index contributed by atoms with van der Waals surface area (Å²) in [6.45, 7) is 2.86. The average Bonchev–Trinajstić information content (AvgIpc) is 3.27. The van der Waals surface area contributed by atoms with Crippen molar-refractivity contribution < 1.29 is 19.5 Å². The van der Waals surface area contributed by atoms with Crippen LogP contribution in [0.1, 0.15) is 71.1 Å². The fourth-order valence-electron chi connectivity index (χ4n) is 4.78. The molecule has 5 atom stereocenters. The predicted molar refractivity (Wildman–Crippen MR) is 103 cm³/mol. The third kappa shape index (κ3) is 5.60. The molecule has 2 heterocycles. The molecule has 3 rings (SSSR count). The number of carbonyl (C=O) groups is 1. The molecule has 3 fully saturated rings. The van der Waals surface area contributed by atoms with Gasteiger partial charge < -0.3 is 9.47 Å². The fourth-order valence-corrected chi connectivity index (χ4v) is 6.40. The summed E-state index contributed by atoms with van der Waals surface area (Å²) < 4.78 is 12.4. The molecule has 5 unspecified atom stereocenters. The summed E-state index contributed by atoms with van der Waals surface area (Å²) >= 11 is 2.19. The van der Waals surface area contributed by atoms with Gasteiger partial charge in [0.05, 0.1) is 24.9 Å².